The topological polar surface area (TPSA) is 113 Å². The van der Waals surface area contributed by atoms with Crippen LogP contribution < -0.4 is 5.32 Å². The second-order valence-electron chi connectivity index (χ2n) is 11.5. The van der Waals surface area contributed by atoms with Gasteiger partial charge in [0, 0.05) is 31.3 Å². The van der Waals surface area contributed by atoms with E-state index in [-0.39, 0.29) is 31.3 Å². The number of nitrogens with one attached hydrogen (secondary N) is 1. The number of quaternary nitrogens is 1. The van der Waals surface area contributed by atoms with Gasteiger partial charge in [-0.15, -0.1) is 0 Å². The zero-order valence-electron chi connectivity index (χ0n) is 22.2. The molecule has 1 fully saturated rings. The average Bonchev–Trinajstić information content (AvgIpc) is 3.14. The highest BCUT2D eigenvalue weighted by Crippen LogP contribution is 2.37. The van der Waals surface area contributed by atoms with E-state index in [1.165, 1.54) is 0 Å². The van der Waals surface area contributed by atoms with Gasteiger partial charge in [-0.05, 0) is 39.5 Å². The Balaban J connectivity index is 2.69. The van der Waals surface area contributed by atoms with Gasteiger partial charge in [-0.25, -0.2) is 0 Å². The Morgan fingerprint density at radius 3 is 2.32 bits per heavy atom. The summed E-state index contributed by atoms with van der Waals surface area (Å²) in [7, 11) is 6.27. The predicted molar refractivity (Wildman–Crippen MR) is 130 cm³/mol. The molecule has 9 nitrogen and oxygen atoms in total. The van der Waals surface area contributed by atoms with Gasteiger partial charge in [0.15, 0.2) is 0 Å². The summed E-state index contributed by atoms with van der Waals surface area (Å²) in [4.78, 5) is 51.1. The van der Waals surface area contributed by atoms with Crippen molar-refractivity contribution in [2.75, 3.05) is 53.9 Å². The fraction of sp³-hybridized carbons (Fsp3) is 0.840. The third-order valence-electron chi connectivity index (χ3n) is 6.74. The summed E-state index contributed by atoms with van der Waals surface area (Å²) in [5.74, 6) is -2.48. The Kier molecular flexibility index (Phi) is 11.0. The Bertz CT molecular complexity index is 731. The summed E-state index contributed by atoms with van der Waals surface area (Å²) in [5.41, 5.74) is -1.89. The molecule has 2 unspecified atom stereocenters. The lowest BCUT2D eigenvalue weighted by molar-refractivity contribution is -0.870. The molecule has 1 rings (SSSR count). The summed E-state index contributed by atoms with van der Waals surface area (Å²) >= 11 is 0. The average molecular weight is 485 g/mol. The molecule has 0 bridgehead atoms. The molecule has 0 saturated carbocycles. The molecule has 9 heteroatoms. The number of carboxylic acid groups (broad SMARTS) is 1. The number of aliphatic carboxylic acids is 1. The number of likely N-dealkylation sites (tertiary alicyclic amines) is 1. The molecule has 0 aromatic rings. The molecule has 1 aliphatic heterocycles. The quantitative estimate of drug-likeness (QED) is 0.209. The van der Waals surface area contributed by atoms with Crippen LogP contribution in [0.25, 0.3) is 0 Å². The Morgan fingerprint density at radius 1 is 1.18 bits per heavy atom. The molecule has 34 heavy (non-hydrogen) atoms. The number of nitrogens with zero attached hydrogens (tertiary/aromatic N) is 2. The van der Waals surface area contributed by atoms with Crippen LogP contribution in [0.4, 0.5) is 0 Å². The van der Waals surface area contributed by atoms with Crippen molar-refractivity contribution in [1.29, 1.82) is 0 Å². The molecule has 1 aliphatic rings. The number of amides is 2. The largest absolute Gasteiger partial charge is 0.481 e. The van der Waals surface area contributed by atoms with E-state index >= 15 is 0 Å². The van der Waals surface area contributed by atoms with E-state index in [0.29, 0.717) is 32.5 Å². The molecular formula is C25H46N3O6+. The van der Waals surface area contributed by atoms with E-state index in [0.717, 1.165) is 23.9 Å². The number of esters is 1. The summed E-state index contributed by atoms with van der Waals surface area (Å²) in [6.45, 7) is 9.58. The monoisotopic (exact) mass is 484 g/mol. The summed E-state index contributed by atoms with van der Waals surface area (Å²) in [6, 6.07) is 0. The van der Waals surface area contributed by atoms with Gasteiger partial charge in [0.1, 0.15) is 6.61 Å². The lowest BCUT2D eigenvalue weighted by atomic mass is 9.72. The van der Waals surface area contributed by atoms with Crippen molar-refractivity contribution in [1.82, 2.24) is 10.2 Å². The first-order valence-electron chi connectivity index (χ1n) is 12.4. The van der Waals surface area contributed by atoms with Crippen LogP contribution in [-0.2, 0) is 23.9 Å². The van der Waals surface area contributed by atoms with Crippen molar-refractivity contribution >= 4 is 23.8 Å². The SMILES string of the molecule is CCC(C)(CC(CC(C)(C)C(=O)OCCN1CCCC1=O)C(=O)O)C(=O)NCCC[N+](C)(C)C. The van der Waals surface area contributed by atoms with Crippen LogP contribution in [0.2, 0.25) is 0 Å². The number of carbonyl (C=O) groups is 4. The maximum Gasteiger partial charge on any atom is 0.311 e. The van der Waals surface area contributed by atoms with Crippen LogP contribution in [0.1, 0.15) is 66.2 Å². The zero-order valence-corrected chi connectivity index (χ0v) is 22.2. The Morgan fingerprint density at radius 2 is 1.82 bits per heavy atom. The van der Waals surface area contributed by atoms with Crippen molar-refractivity contribution in [3.8, 4) is 0 Å². The molecule has 0 aliphatic carbocycles. The lowest BCUT2D eigenvalue weighted by Crippen LogP contribution is -2.43. The molecule has 2 atom stereocenters. The third kappa shape index (κ3) is 9.60. The van der Waals surface area contributed by atoms with E-state index in [1.807, 2.05) is 6.92 Å². The van der Waals surface area contributed by atoms with Crippen molar-refractivity contribution in [3.05, 3.63) is 0 Å². The minimum Gasteiger partial charge on any atom is -0.481 e. The van der Waals surface area contributed by atoms with Crippen LogP contribution in [-0.4, -0.2) is 92.2 Å². The number of rotatable bonds is 15. The minimum absolute atomic E-state index is 0.0637. The number of carboxylic acids is 1. The van der Waals surface area contributed by atoms with Gasteiger partial charge in [-0.2, -0.15) is 0 Å². The molecule has 2 amide bonds. The van der Waals surface area contributed by atoms with Gasteiger partial charge < -0.3 is 24.5 Å². The number of ether oxygens (including phenoxy) is 1. The van der Waals surface area contributed by atoms with Gasteiger partial charge in [-0.1, -0.05) is 13.8 Å². The second kappa shape index (κ2) is 12.5. The van der Waals surface area contributed by atoms with E-state index < -0.39 is 28.7 Å². The summed E-state index contributed by atoms with van der Waals surface area (Å²) in [5, 5.41) is 12.9. The minimum atomic E-state index is -1.03. The van der Waals surface area contributed by atoms with Crippen LogP contribution in [0.5, 0.6) is 0 Å². The molecule has 1 heterocycles. The normalized spacial score (nSPS) is 17.3. The predicted octanol–water partition coefficient (Wildman–Crippen LogP) is 2.29. The summed E-state index contributed by atoms with van der Waals surface area (Å²) < 4.78 is 6.20. The van der Waals surface area contributed by atoms with Crippen molar-refractivity contribution in [3.63, 3.8) is 0 Å². The fourth-order valence-electron chi connectivity index (χ4n) is 4.24. The second-order valence-corrected chi connectivity index (χ2v) is 11.5. The lowest BCUT2D eigenvalue weighted by Gasteiger charge is -2.33. The van der Waals surface area contributed by atoms with E-state index in [2.05, 4.69) is 26.5 Å². The molecule has 0 aromatic carbocycles. The Hall–Kier alpha value is -2.16. The van der Waals surface area contributed by atoms with Crippen molar-refractivity contribution in [2.24, 2.45) is 16.7 Å². The van der Waals surface area contributed by atoms with E-state index in [1.54, 1.807) is 25.7 Å². The molecular weight excluding hydrogens is 438 g/mol. The van der Waals surface area contributed by atoms with Gasteiger partial charge in [0.05, 0.1) is 45.6 Å². The number of hydrogen-bond acceptors (Lipinski definition) is 5. The van der Waals surface area contributed by atoms with E-state index in [9.17, 15) is 24.3 Å². The van der Waals surface area contributed by atoms with Gasteiger partial charge >= 0.3 is 11.9 Å². The first-order valence-corrected chi connectivity index (χ1v) is 12.4. The summed E-state index contributed by atoms with van der Waals surface area (Å²) in [6.07, 6.45) is 2.87. The van der Waals surface area contributed by atoms with Crippen molar-refractivity contribution in [2.45, 2.75) is 66.2 Å². The van der Waals surface area contributed by atoms with Gasteiger partial charge in [0.2, 0.25) is 11.8 Å². The standard InChI is InChI=1S/C25H45N3O6/c1-8-25(4,22(32)26-12-10-15-28(5,6)7)18-19(21(30)31)17-24(2,3)23(33)34-16-14-27-13-9-11-20(27)29/h19H,8-18H2,1-7H3,(H-,26,30,31,32)/p+1. The first-order chi connectivity index (χ1) is 15.6. The molecule has 196 valence electrons. The first kappa shape index (κ1) is 29.9. The van der Waals surface area contributed by atoms with Crippen LogP contribution in [0, 0.1) is 16.7 Å². The smallest absolute Gasteiger partial charge is 0.311 e. The van der Waals surface area contributed by atoms with Crippen LogP contribution in [0.15, 0.2) is 0 Å². The highest BCUT2D eigenvalue weighted by atomic mass is 16.5. The Labute approximate surface area is 204 Å². The van der Waals surface area contributed by atoms with Crippen molar-refractivity contribution < 1.29 is 33.5 Å². The van der Waals surface area contributed by atoms with Crippen LogP contribution in [0.3, 0.4) is 0 Å². The molecule has 2 N–H and O–H groups in total. The third-order valence-corrected chi connectivity index (χ3v) is 6.74. The maximum atomic E-state index is 12.9. The molecule has 1 saturated heterocycles. The number of hydrogen-bond donors (Lipinski definition) is 2. The van der Waals surface area contributed by atoms with Gasteiger partial charge in [-0.3, -0.25) is 19.2 Å². The highest BCUT2D eigenvalue weighted by Gasteiger charge is 2.41. The maximum absolute atomic E-state index is 12.9. The fourth-order valence-corrected chi connectivity index (χ4v) is 4.24. The molecule has 0 spiro atoms. The van der Waals surface area contributed by atoms with E-state index in [4.69, 9.17) is 4.74 Å². The van der Waals surface area contributed by atoms with Gasteiger partial charge in [0.25, 0.3) is 0 Å². The molecule has 0 radical (unpaired) electrons. The highest BCUT2D eigenvalue weighted by molar-refractivity contribution is 5.83. The number of carbonyl (C=O) groups excluding carboxylic acids is 3. The van der Waals surface area contributed by atoms with Crippen LogP contribution >= 0.6 is 0 Å². The zero-order chi connectivity index (χ0) is 26.2. The molecule has 0 aromatic heterocycles.